The predicted molar refractivity (Wildman–Crippen MR) is 62.5 cm³/mol. The van der Waals surface area contributed by atoms with Gasteiger partial charge in [0, 0.05) is 24.0 Å². The molecule has 0 aliphatic rings. The number of nitro groups is 1. The Morgan fingerprint density at radius 1 is 1.35 bits per heavy atom. The zero-order valence-corrected chi connectivity index (χ0v) is 8.91. The Morgan fingerprint density at radius 3 is 2.94 bits per heavy atom. The smallest absolute Gasteiger partial charge is 0.271 e. The molecular weight excluding hydrogens is 220 g/mol. The Kier molecular flexibility index (Phi) is 3.25. The van der Waals surface area contributed by atoms with E-state index in [-0.39, 0.29) is 5.69 Å². The molecule has 86 valence electrons. The van der Waals surface area contributed by atoms with Gasteiger partial charge in [0.2, 0.25) is 0 Å². The number of benzene rings is 1. The fourth-order valence-electron chi connectivity index (χ4n) is 1.34. The first kappa shape index (κ1) is 11.0. The minimum atomic E-state index is -0.421. The van der Waals surface area contributed by atoms with Crippen molar-refractivity contribution in [2.75, 3.05) is 5.32 Å². The second-order valence-corrected chi connectivity index (χ2v) is 3.36. The van der Waals surface area contributed by atoms with Crippen LogP contribution in [0.1, 0.15) is 5.69 Å². The lowest BCUT2D eigenvalue weighted by Gasteiger charge is -2.04. The molecular formula is C11H10N4O2. The molecule has 0 radical (unpaired) electrons. The van der Waals surface area contributed by atoms with E-state index in [1.54, 1.807) is 24.4 Å². The number of rotatable bonds is 4. The molecule has 0 aliphatic heterocycles. The minimum Gasteiger partial charge on any atom is -0.379 e. The van der Waals surface area contributed by atoms with Crippen molar-refractivity contribution in [2.45, 2.75) is 6.54 Å². The summed E-state index contributed by atoms with van der Waals surface area (Å²) in [5.41, 5.74) is 1.59. The molecule has 2 rings (SSSR count). The number of hydrogen-bond donors (Lipinski definition) is 1. The van der Waals surface area contributed by atoms with Gasteiger partial charge in [0.05, 0.1) is 17.2 Å². The van der Waals surface area contributed by atoms with Crippen molar-refractivity contribution < 1.29 is 4.92 Å². The van der Waals surface area contributed by atoms with Gasteiger partial charge in [-0.05, 0) is 12.1 Å². The molecule has 17 heavy (non-hydrogen) atoms. The van der Waals surface area contributed by atoms with Crippen molar-refractivity contribution in [3.8, 4) is 0 Å². The second kappa shape index (κ2) is 5.02. The van der Waals surface area contributed by atoms with Crippen molar-refractivity contribution >= 4 is 11.4 Å². The lowest BCUT2D eigenvalue weighted by Crippen LogP contribution is -2.01. The second-order valence-electron chi connectivity index (χ2n) is 3.36. The van der Waals surface area contributed by atoms with Crippen molar-refractivity contribution in [1.82, 2.24) is 9.97 Å². The molecule has 0 atom stereocenters. The molecule has 0 amide bonds. The monoisotopic (exact) mass is 230 g/mol. The highest BCUT2D eigenvalue weighted by Gasteiger charge is 2.05. The maximum absolute atomic E-state index is 10.6. The first-order valence-electron chi connectivity index (χ1n) is 4.99. The van der Waals surface area contributed by atoms with E-state index in [2.05, 4.69) is 15.3 Å². The number of hydrogen-bond acceptors (Lipinski definition) is 5. The van der Waals surface area contributed by atoms with Gasteiger partial charge in [-0.25, -0.2) is 9.97 Å². The lowest BCUT2D eigenvalue weighted by atomic mass is 10.2. The van der Waals surface area contributed by atoms with Gasteiger partial charge >= 0.3 is 0 Å². The van der Waals surface area contributed by atoms with Gasteiger partial charge < -0.3 is 5.32 Å². The van der Waals surface area contributed by atoms with Gasteiger partial charge in [-0.2, -0.15) is 0 Å². The van der Waals surface area contributed by atoms with E-state index >= 15 is 0 Å². The first-order valence-corrected chi connectivity index (χ1v) is 4.99. The average molecular weight is 230 g/mol. The van der Waals surface area contributed by atoms with Crippen molar-refractivity contribution in [3.63, 3.8) is 0 Å². The Labute approximate surface area is 97.5 Å². The van der Waals surface area contributed by atoms with E-state index in [0.717, 1.165) is 5.69 Å². The number of nitrogens with zero attached hydrogens (tertiary/aromatic N) is 3. The summed E-state index contributed by atoms with van der Waals surface area (Å²) in [4.78, 5) is 18.0. The van der Waals surface area contributed by atoms with Gasteiger partial charge in [-0.3, -0.25) is 10.1 Å². The molecule has 0 aliphatic carbocycles. The average Bonchev–Trinajstić information content (AvgIpc) is 2.38. The topological polar surface area (TPSA) is 81.0 Å². The maximum atomic E-state index is 10.6. The molecule has 0 spiro atoms. The highest BCUT2D eigenvalue weighted by atomic mass is 16.6. The van der Waals surface area contributed by atoms with Crippen LogP contribution in [0.4, 0.5) is 11.4 Å². The molecule has 6 heteroatoms. The third-order valence-electron chi connectivity index (χ3n) is 2.17. The zero-order valence-electron chi connectivity index (χ0n) is 8.91. The van der Waals surface area contributed by atoms with Gasteiger partial charge in [0.15, 0.2) is 0 Å². The number of aromatic nitrogens is 2. The van der Waals surface area contributed by atoms with Crippen LogP contribution < -0.4 is 5.32 Å². The molecule has 6 nitrogen and oxygen atoms in total. The van der Waals surface area contributed by atoms with E-state index in [9.17, 15) is 10.1 Å². The Hall–Kier alpha value is -2.50. The number of non-ortho nitro benzene ring substituents is 1. The van der Waals surface area contributed by atoms with Crippen LogP contribution in [0.5, 0.6) is 0 Å². The highest BCUT2D eigenvalue weighted by molar-refractivity contribution is 5.50. The number of anilines is 1. The summed E-state index contributed by atoms with van der Waals surface area (Å²) in [7, 11) is 0. The van der Waals surface area contributed by atoms with Gasteiger partial charge in [-0.1, -0.05) is 6.07 Å². The molecule has 0 unspecified atom stereocenters. The van der Waals surface area contributed by atoms with Crippen molar-refractivity contribution in [1.29, 1.82) is 0 Å². The van der Waals surface area contributed by atoms with E-state index in [1.165, 1.54) is 18.5 Å². The summed E-state index contributed by atoms with van der Waals surface area (Å²) >= 11 is 0. The Balaban J connectivity index is 2.04. The minimum absolute atomic E-state index is 0.0673. The van der Waals surface area contributed by atoms with Crippen molar-refractivity contribution in [2.24, 2.45) is 0 Å². The zero-order chi connectivity index (χ0) is 12.1. The standard InChI is InChI=1S/C11H10N4O2/c16-15(17)11-3-1-2-9(6-11)13-7-10-4-5-12-8-14-10/h1-6,8,13H,7H2. The summed E-state index contributed by atoms with van der Waals surface area (Å²) < 4.78 is 0. The van der Waals surface area contributed by atoms with E-state index in [0.29, 0.717) is 12.2 Å². The van der Waals surface area contributed by atoms with Gasteiger partial charge in [0.25, 0.3) is 5.69 Å². The van der Waals surface area contributed by atoms with Crippen LogP contribution in [-0.2, 0) is 6.54 Å². The van der Waals surface area contributed by atoms with Gasteiger partial charge in [0.1, 0.15) is 6.33 Å². The summed E-state index contributed by atoms with van der Waals surface area (Å²) in [6.45, 7) is 0.504. The van der Waals surface area contributed by atoms with Crippen LogP contribution >= 0.6 is 0 Å². The van der Waals surface area contributed by atoms with Crippen LogP contribution in [0.3, 0.4) is 0 Å². The summed E-state index contributed by atoms with van der Waals surface area (Å²) in [6.07, 6.45) is 3.11. The fourth-order valence-corrected chi connectivity index (χ4v) is 1.34. The third-order valence-corrected chi connectivity index (χ3v) is 2.17. The molecule has 0 fully saturated rings. The van der Waals surface area contributed by atoms with Crippen LogP contribution in [-0.4, -0.2) is 14.9 Å². The first-order chi connectivity index (χ1) is 8.25. The van der Waals surface area contributed by atoms with E-state index in [4.69, 9.17) is 0 Å². The maximum Gasteiger partial charge on any atom is 0.271 e. The van der Waals surface area contributed by atoms with E-state index in [1.807, 2.05) is 0 Å². The molecule has 0 saturated carbocycles. The molecule has 1 heterocycles. The molecule has 0 bridgehead atoms. The largest absolute Gasteiger partial charge is 0.379 e. The summed E-state index contributed by atoms with van der Waals surface area (Å²) in [5.74, 6) is 0. The SMILES string of the molecule is O=[N+]([O-])c1cccc(NCc2ccncn2)c1. The molecule has 1 N–H and O–H groups in total. The molecule has 0 saturated heterocycles. The fraction of sp³-hybridized carbons (Fsp3) is 0.0909. The normalized spacial score (nSPS) is 9.88. The van der Waals surface area contributed by atoms with Crippen LogP contribution in [0.25, 0.3) is 0 Å². The van der Waals surface area contributed by atoms with Crippen LogP contribution in [0.2, 0.25) is 0 Å². The Bertz CT molecular complexity index is 516. The van der Waals surface area contributed by atoms with Crippen LogP contribution in [0, 0.1) is 10.1 Å². The predicted octanol–water partition coefficient (Wildman–Crippen LogP) is 2.00. The Morgan fingerprint density at radius 2 is 2.24 bits per heavy atom. The number of nitro benzene ring substituents is 1. The van der Waals surface area contributed by atoms with Crippen LogP contribution in [0.15, 0.2) is 42.9 Å². The van der Waals surface area contributed by atoms with Crippen molar-refractivity contribution in [3.05, 3.63) is 58.7 Å². The highest BCUT2D eigenvalue weighted by Crippen LogP contribution is 2.17. The lowest BCUT2D eigenvalue weighted by molar-refractivity contribution is -0.384. The summed E-state index contributed by atoms with van der Waals surface area (Å²) in [5, 5.41) is 13.6. The third kappa shape index (κ3) is 2.97. The number of nitrogens with one attached hydrogen (secondary N) is 1. The molecule has 1 aromatic carbocycles. The molecule has 1 aromatic heterocycles. The van der Waals surface area contributed by atoms with Gasteiger partial charge in [-0.15, -0.1) is 0 Å². The molecule has 2 aromatic rings. The quantitative estimate of drug-likeness (QED) is 0.641. The summed E-state index contributed by atoms with van der Waals surface area (Å²) in [6, 6.07) is 8.13. The van der Waals surface area contributed by atoms with E-state index < -0.39 is 4.92 Å².